The van der Waals surface area contributed by atoms with Gasteiger partial charge in [0.15, 0.2) is 0 Å². The average Bonchev–Trinajstić information content (AvgIpc) is 2.01. The summed E-state index contributed by atoms with van der Waals surface area (Å²) in [6.45, 7) is 0.580. The SMILES string of the molecule is C[I-][C@H]1CCCN(CC(F)(F)F)C1. The number of rotatable bonds is 2. The van der Waals surface area contributed by atoms with Gasteiger partial charge in [0.05, 0.1) is 0 Å². The molecule has 13 heavy (non-hydrogen) atoms. The van der Waals surface area contributed by atoms with Crippen LogP contribution in [0.2, 0.25) is 0 Å². The van der Waals surface area contributed by atoms with Crippen LogP contribution in [-0.4, -0.2) is 39.6 Å². The van der Waals surface area contributed by atoms with Gasteiger partial charge in [-0.25, -0.2) is 0 Å². The fourth-order valence-electron chi connectivity index (χ4n) is 1.57. The molecule has 0 aromatic heterocycles. The molecule has 1 aliphatic heterocycles. The first kappa shape index (κ1) is 11.6. The Morgan fingerprint density at radius 1 is 1.46 bits per heavy atom. The molecule has 0 unspecified atom stereocenters. The van der Waals surface area contributed by atoms with Crippen LogP contribution in [0.25, 0.3) is 0 Å². The van der Waals surface area contributed by atoms with Crippen LogP contribution in [-0.2, 0) is 0 Å². The molecule has 0 aliphatic carbocycles. The number of halogens is 4. The minimum absolute atomic E-state index is 0.107. The molecule has 80 valence electrons. The standard InChI is InChI=1S/C8H14F3IN/c1-12-7-3-2-4-13(5-7)6-8(9,10)11/h7H,2-6H2,1H3/q-1/t7-/m0/s1. The van der Waals surface area contributed by atoms with Gasteiger partial charge < -0.3 is 0 Å². The minimum atomic E-state index is -4.02. The van der Waals surface area contributed by atoms with Gasteiger partial charge in [0, 0.05) is 0 Å². The van der Waals surface area contributed by atoms with Crippen molar-refractivity contribution in [2.75, 3.05) is 24.6 Å². The normalized spacial score (nSPS) is 26.6. The van der Waals surface area contributed by atoms with E-state index in [2.05, 4.69) is 4.93 Å². The second kappa shape index (κ2) is 4.82. The first-order valence-electron chi connectivity index (χ1n) is 4.28. The van der Waals surface area contributed by atoms with Gasteiger partial charge in [-0.2, -0.15) is 0 Å². The van der Waals surface area contributed by atoms with Crippen LogP contribution in [0.1, 0.15) is 12.8 Å². The van der Waals surface area contributed by atoms with Crippen LogP contribution in [0.4, 0.5) is 13.2 Å². The van der Waals surface area contributed by atoms with Crippen molar-refractivity contribution in [3.8, 4) is 0 Å². The molecule has 0 bridgehead atoms. The molecule has 1 saturated heterocycles. The van der Waals surface area contributed by atoms with E-state index in [9.17, 15) is 13.2 Å². The average molecular weight is 308 g/mol. The molecule has 0 radical (unpaired) electrons. The molecule has 0 spiro atoms. The first-order chi connectivity index (χ1) is 6.01. The quantitative estimate of drug-likeness (QED) is 0.454. The number of hydrogen-bond donors (Lipinski definition) is 0. The fraction of sp³-hybridized carbons (Fsp3) is 1.00. The van der Waals surface area contributed by atoms with Crippen LogP contribution in [0.15, 0.2) is 0 Å². The molecule has 1 rings (SSSR count). The van der Waals surface area contributed by atoms with Crippen molar-refractivity contribution in [1.29, 1.82) is 0 Å². The van der Waals surface area contributed by atoms with Crippen LogP contribution >= 0.6 is 0 Å². The van der Waals surface area contributed by atoms with Crippen molar-refractivity contribution in [3.63, 3.8) is 0 Å². The summed E-state index contributed by atoms with van der Waals surface area (Å²) in [5, 5.41) is 0. The van der Waals surface area contributed by atoms with Crippen LogP contribution in [0.5, 0.6) is 0 Å². The van der Waals surface area contributed by atoms with Gasteiger partial charge in [-0.1, -0.05) is 0 Å². The first-order valence-corrected chi connectivity index (χ1v) is 7.68. The zero-order valence-electron chi connectivity index (χ0n) is 7.57. The number of alkyl halides is 5. The van der Waals surface area contributed by atoms with Crippen LogP contribution in [0, 0.1) is 0 Å². The molecule has 1 heterocycles. The van der Waals surface area contributed by atoms with E-state index in [1.54, 1.807) is 4.90 Å². The van der Waals surface area contributed by atoms with Gasteiger partial charge in [0.1, 0.15) is 0 Å². The third-order valence-electron chi connectivity index (χ3n) is 2.16. The number of hydrogen-bond acceptors (Lipinski definition) is 1. The van der Waals surface area contributed by atoms with E-state index >= 15 is 0 Å². The van der Waals surface area contributed by atoms with Gasteiger partial charge in [-0.05, 0) is 0 Å². The Morgan fingerprint density at radius 2 is 2.15 bits per heavy atom. The molecule has 0 aromatic carbocycles. The summed E-state index contributed by atoms with van der Waals surface area (Å²) >= 11 is 0.107. The maximum atomic E-state index is 12.0. The topological polar surface area (TPSA) is 3.24 Å². The molecule has 0 N–H and O–H groups in total. The molecular weight excluding hydrogens is 294 g/mol. The van der Waals surface area contributed by atoms with E-state index in [0.717, 1.165) is 12.8 Å². The summed E-state index contributed by atoms with van der Waals surface area (Å²) in [5.41, 5.74) is 0. The van der Waals surface area contributed by atoms with Gasteiger partial charge in [-0.15, -0.1) is 0 Å². The third kappa shape index (κ3) is 4.49. The van der Waals surface area contributed by atoms with E-state index in [1.165, 1.54) is 0 Å². The van der Waals surface area contributed by atoms with E-state index < -0.39 is 12.7 Å². The summed E-state index contributed by atoms with van der Waals surface area (Å²) in [7, 11) is 0. The van der Waals surface area contributed by atoms with Crippen molar-refractivity contribution >= 4 is 0 Å². The van der Waals surface area contributed by atoms with Crippen molar-refractivity contribution in [2.45, 2.75) is 22.9 Å². The number of likely N-dealkylation sites (tertiary alicyclic amines) is 1. The monoisotopic (exact) mass is 308 g/mol. The Morgan fingerprint density at radius 3 is 2.69 bits per heavy atom. The Labute approximate surface area is 86.9 Å². The van der Waals surface area contributed by atoms with E-state index in [4.69, 9.17) is 0 Å². The van der Waals surface area contributed by atoms with Crippen molar-refractivity contribution in [3.05, 3.63) is 0 Å². The van der Waals surface area contributed by atoms with Gasteiger partial charge in [0.25, 0.3) is 0 Å². The van der Waals surface area contributed by atoms with Crippen molar-refractivity contribution in [1.82, 2.24) is 4.90 Å². The Hall–Kier alpha value is 0.480. The molecule has 1 nitrogen and oxygen atoms in total. The van der Waals surface area contributed by atoms with E-state index in [0.29, 0.717) is 17.0 Å². The second-order valence-electron chi connectivity index (χ2n) is 3.31. The van der Waals surface area contributed by atoms with Crippen LogP contribution < -0.4 is 21.2 Å². The molecule has 1 aliphatic rings. The van der Waals surface area contributed by atoms with Crippen molar-refractivity contribution in [2.24, 2.45) is 0 Å². The number of nitrogens with zero attached hydrogens (tertiary/aromatic N) is 1. The Kier molecular flexibility index (Phi) is 4.28. The molecule has 0 aromatic rings. The molecule has 0 amide bonds. The summed E-state index contributed by atoms with van der Waals surface area (Å²) < 4.78 is 36.7. The Balaban J connectivity index is 2.34. The zero-order chi connectivity index (χ0) is 9.90. The molecule has 0 saturated carbocycles. The van der Waals surface area contributed by atoms with Gasteiger partial charge in [0.2, 0.25) is 0 Å². The maximum absolute atomic E-state index is 12.0. The molecule has 5 heteroatoms. The summed E-state index contributed by atoms with van der Waals surface area (Å²) in [6.07, 6.45) is -1.94. The summed E-state index contributed by atoms with van der Waals surface area (Å²) in [6, 6.07) is 0. The molecule has 1 atom stereocenters. The predicted molar refractivity (Wildman–Crippen MR) is 41.4 cm³/mol. The summed E-state index contributed by atoms with van der Waals surface area (Å²) in [4.78, 5) is 3.71. The van der Waals surface area contributed by atoms with Crippen molar-refractivity contribution < 1.29 is 34.4 Å². The van der Waals surface area contributed by atoms with Crippen LogP contribution in [0.3, 0.4) is 0 Å². The predicted octanol–water partition coefficient (Wildman–Crippen LogP) is -1.27. The van der Waals surface area contributed by atoms with E-state index in [-0.39, 0.29) is 21.2 Å². The molecular formula is C8H14F3IN-. The fourth-order valence-corrected chi connectivity index (χ4v) is 3.59. The van der Waals surface area contributed by atoms with E-state index in [1.807, 2.05) is 0 Å². The van der Waals surface area contributed by atoms with Gasteiger partial charge in [-0.3, -0.25) is 0 Å². The van der Waals surface area contributed by atoms with Gasteiger partial charge >= 0.3 is 86.8 Å². The summed E-state index contributed by atoms with van der Waals surface area (Å²) in [5.74, 6) is 0. The second-order valence-corrected chi connectivity index (χ2v) is 6.32. The third-order valence-corrected chi connectivity index (χ3v) is 4.94. The number of piperidine rings is 1. The molecule has 1 fully saturated rings. The zero-order valence-corrected chi connectivity index (χ0v) is 9.73. The Bertz CT molecular complexity index is 160.